The fourth-order valence-electron chi connectivity index (χ4n) is 1.85. The second kappa shape index (κ2) is 9.49. The largest absolute Gasteiger partial charge is 0.355 e. The van der Waals surface area contributed by atoms with Crippen molar-refractivity contribution >= 4 is 17.7 Å². The van der Waals surface area contributed by atoms with Gasteiger partial charge in [-0.05, 0) is 31.0 Å². The van der Waals surface area contributed by atoms with Crippen molar-refractivity contribution in [1.29, 1.82) is 0 Å². The summed E-state index contributed by atoms with van der Waals surface area (Å²) in [7, 11) is 0. The van der Waals surface area contributed by atoms with Crippen LogP contribution in [-0.2, 0) is 20.8 Å². The number of amides is 3. The van der Waals surface area contributed by atoms with E-state index in [1.165, 1.54) is 11.8 Å². The van der Waals surface area contributed by atoms with Crippen molar-refractivity contribution in [2.75, 3.05) is 26.2 Å². The monoisotopic (exact) mass is 306 g/mol. The minimum atomic E-state index is -0.651. The van der Waals surface area contributed by atoms with E-state index < -0.39 is 11.8 Å². The minimum Gasteiger partial charge on any atom is -0.355 e. The number of hydrogen-bond donors (Lipinski definition) is 2. The Morgan fingerprint density at radius 2 is 1.77 bits per heavy atom. The molecule has 0 spiro atoms. The quantitative estimate of drug-likeness (QED) is 0.535. The van der Waals surface area contributed by atoms with Crippen molar-refractivity contribution in [2.45, 2.75) is 20.3 Å². The van der Waals surface area contributed by atoms with Crippen LogP contribution in [0.25, 0.3) is 0 Å². The van der Waals surface area contributed by atoms with E-state index in [0.717, 1.165) is 5.56 Å². The molecule has 22 heavy (non-hydrogen) atoms. The van der Waals surface area contributed by atoms with E-state index in [1.54, 1.807) is 12.4 Å². The first kappa shape index (κ1) is 17.6. The molecule has 3 amide bonds. The van der Waals surface area contributed by atoms with Gasteiger partial charge in [0.25, 0.3) is 0 Å². The Bertz CT molecular complexity index is 505. The van der Waals surface area contributed by atoms with E-state index in [0.29, 0.717) is 26.1 Å². The number of rotatable bonds is 7. The standard InChI is InChI=1S/C15H22N4O3/c1-3-19(11-6-13-4-7-16-8-5-13)15(22)14(21)18-10-9-17-12(2)20/h4-5,7-8H,3,6,9-11H2,1-2H3,(H,17,20)(H,18,21). The van der Waals surface area contributed by atoms with Crippen molar-refractivity contribution in [3.8, 4) is 0 Å². The summed E-state index contributed by atoms with van der Waals surface area (Å²) in [6.45, 7) is 4.69. The maximum atomic E-state index is 12.0. The Labute approximate surface area is 130 Å². The third-order valence-corrected chi connectivity index (χ3v) is 3.07. The third-order valence-electron chi connectivity index (χ3n) is 3.07. The Balaban J connectivity index is 2.39. The predicted molar refractivity (Wildman–Crippen MR) is 81.9 cm³/mol. The lowest BCUT2D eigenvalue weighted by Gasteiger charge is -2.20. The van der Waals surface area contributed by atoms with Crippen molar-refractivity contribution in [3.63, 3.8) is 0 Å². The van der Waals surface area contributed by atoms with Crippen molar-refractivity contribution in [2.24, 2.45) is 0 Å². The number of nitrogens with one attached hydrogen (secondary N) is 2. The highest BCUT2D eigenvalue weighted by Crippen LogP contribution is 2.00. The molecule has 7 heteroatoms. The van der Waals surface area contributed by atoms with Crippen LogP contribution in [0.4, 0.5) is 0 Å². The second-order valence-electron chi connectivity index (χ2n) is 4.73. The normalized spacial score (nSPS) is 9.91. The lowest BCUT2D eigenvalue weighted by Crippen LogP contribution is -2.45. The number of hydrogen-bond acceptors (Lipinski definition) is 4. The molecule has 7 nitrogen and oxygen atoms in total. The number of carbonyl (C=O) groups is 3. The molecule has 120 valence electrons. The maximum absolute atomic E-state index is 12.0. The molecule has 1 aromatic rings. The van der Waals surface area contributed by atoms with Crippen LogP contribution in [0.3, 0.4) is 0 Å². The number of aromatic nitrogens is 1. The topological polar surface area (TPSA) is 91.4 Å². The number of nitrogens with zero attached hydrogens (tertiary/aromatic N) is 2. The van der Waals surface area contributed by atoms with E-state index in [9.17, 15) is 14.4 Å². The van der Waals surface area contributed by atoms with Gasteiger partial charge in [0.1, 0.15) is 0 Å². The molecule has 0 aromatic carbocycles. The van der Waals surface area contributed by atoms with Crippen LogP contribution in [0.2, 0.25) is 0 Å². The van der Waals surface area contributed by atoms with Gasteiger partial charge in [-0.3, -0.25) is 19.4 Å². The van der Waals surface area contributed by atoms with Crippen molar-refractivity contribution in [1.82, 2.24) is 20.5 Å². The lowest BCUT2D eigenvalue weighted by molar-refractivity contribution is -0.145. The fraction of sp³-hybridized carbons (Fsp3) is 0.467. The third kappa shape index (κ3) is 6.34. The van der Waals surface area contributed by atoms with E-state index in [-0.39, 0.29) is 12.5 Å². The molecule has 0 bridgehead atoms. The molecule has 1 rings (SSSR count). The van der Waals surface area contributed by atoms with Gasteiger partial charge in [-0.15, -0.1) is 0 Å². The van der Waals surface area contributed by atoms with E-state index in [4.69, 9.17) is 0 Å². The van der Waals surface area contributed by atoms with E-state index in [2.05, 4.69) is 15.6 Å². The van der Waals surface area contributed by atoms with Gasteiger partial charge in [0.15, 0.2) is 0 Å². The summed E-state index contributed by atoms with van der Waals surface area (Å²) in [6, 6.07) is 3.76. The highest BCUT2D eigenvalue weighted by Gasteiger charge is 2.19. The van der Waals surface area contributed by atoms with E-state index >= 15 is 0 Å². The molecule has 0 atom stereocenters. The zero-order chi connectivity index (χ0) is 16.4. The minimum absolute atomic E-state index is 0.173. The Morgan fingerprint density at radius 1 is 1.14 bits per heavy atom. The van der Waals surface area contributed by atoms with E-state index in [1.807, 2.05) is 19.1 Å². The van der Waals surface area contributed by atoms with Gasteiger partial charge in [-0.25, -0.2) is 0 Å². The summed E-state index contributed by atoms with van der Waals surface area (Å²) in [4.78, 5) is 39.9. The smallest absolute Gasteiger partial charge is 0.311 e. The Kier molecular flexibility index (Phi) is 7.60. The van der Waals surface area contributed by atoms with Gasteiger partial charge >= 0.3 is 11.8 Å². The van der Waals surface area contributed by atoms with Crippen molar-refractivity contribution in [3.05, 3.63) is 30.1 Å². The first-order valence-corrected chi connectivity index (χ1v) is 7.25. The van der Waals surface area contributed by atoms with Gasteiger partial charge in [0.05, 0.1) is 0 Å². The molecule has 0 saturated carbocycles. The molecule has 0 radical (unpaired) electrons. The molecule has 0 aliphatic rings. The van der Waals surface area contributed by atoms with Crippen LogP contribution >= 0.6 is 0 Å². The molecular formula is C15H22N4O3. The summed E-state index contributed by atoms with van der Waals surface area (Å²) < 4.78 is 0. The van der Waals surface area contributed by atoms with Crippen molar-refractivity contribution < 1.29 is 14.4 Å². The van der Waals surface area contributed by atoms with Crippen LogP contribution in [0.15, 0.2) is 24.5 Å². The predicted octanol–water partition coefficient (Wildman–Crippen LogP) is -0.275. The zero-order valence-corrected chi connectivity index (χ0v) is 13.0. The van der Waals surface area contributed by atoms with Crippen LogP contribution < -0.4 is 10.6 Å². The molecule has 1 heterocycles. The second-order valence-corrected chi connectivity index (χ2v) is 4.73. The first-order chi connectivity index (χ1) is 10.5. The number of pyridine rings is 1. The highest BCUT2D eigenvalue weighted by atomic mass is 16.2. The number of carbonyl (C=O) groups excluding carboxylic acids is 3. The van der Waals surface area contributed by atoms with Gasteiger partial charge in [0, 0.05) is 45.5 Å². The van der Waals surface area contributed by atoms with Crippen LogP contribution in [0.5, 0.6) is 0 Å². The average Bonchev–Trinajstić information content (AvgIpc) is 2.52. The average molecular weight is 306 g/mol. The van der Waals surface area contributed by atoms with Gasteiger partial charge < -0.3 is 15.5 Å². The molecule has 0 saturated heterocycles. The fourth-order valence-corrected chi connectivity index (χ4v) is 1.85. The van der Waals surface area contributed by atoms with Gasteiger partial charge in [-0.1, -0.05) is 0 Å². The Hall–Kier alpha value is -2.44. The molecule has 0 unspecified atom stereocenters. The number of likely N-dealkylation sites (N-methyl/N-ethyl adjacent to an activating group) is 1. The lowest BCUT2D eigenvalue weighted by atomic mass is 10.2. The summed E-state index contributed by atoms with van der Waals surface area (Å²) >= 11 is 0. The highest BCUT2D eigenvalue weighted by molar-refractivity contribution is 6.35. The van der Waals surface area contributed by atoms with Crippen LogP contribution in [0, 0.1) is 0 Å². The van der Waals surface area contributed by atoms with Gasteiger partial charge in [0.2, 0.25) is 5.91 Å². The summed E-state index contributed by atoms with van der Waals surface area (Å²) in [5.74, 6) is -1.38. The molecule has 0 aliphatic heterocycles. The summed E-state index contributed by atoms with van der Waals surface area (Å²) in [5.41, 5.74) is 1.06. The molecule has 0 aliphatic carbocycles. The van der Waals surface area contributed by atoms with Gasteiger partial charge in [-0.2, -0.15) is 0 Å². The first-order valence-electron chi connectivity index (χ1n) is 7.25. The maximum Gasteiger partial charge on any atom is 0.311 e. The summed E-state index contributed by atoms with van der Waals surface area (Å²) in [5, 5.41) is 5.04. The Morgan fingerprint density at radius 3 is 2.36 bits per heavy atom. The van der Waals surface area contributed by atoms with Crippen LogP contribution in [0.1, 0.15) is 19.4 Å². The zero-order valence-electron chi connectivity index (χ0n) is 13.0. The molecular weight excluding hydrogens is 284 g/mol. The molecule has 2 N–H and O–H groups in total. The molecule has 1 aromatic heterocycles. The SMILES string of the molecule is CCN(CCc1ccncc1)C(=O)C(=O)NCCNC(C)=O. The van der Waals surface area contributed by atoms with Crippen LogP contribution in [-0.4, -0.2) is 53.8 Å². The summed E-state index contributed by atoms with van der Waals surface area (Å²) in [6.07, 6.45) is 4.06. The molecule has 0 fully saturated rings.